The number of hydrogen-bond acceptors (Lipinski definition) is 5. The molecule has 0 unspecified atom stereocenters. The Morgan fingerprint density at radius 2 is 1.81 bits per heavy atom. The maximum absolute atomic E-state index is 12.8. The Morgan fingerprint density at radius 3 is 2.38 bits per heavy atom. The average molecular weight is 371 g/mol. The minimum absolute atomic E-state index is 0.0429. The zero-order chi connectivity index (χ0) is 19.2. The Bertz CT molecular complexity index is 839. The van der Waals surface area contributed by atoms with Crippen molar-refractivity contribution >= 4 is 11.7 Å². The van der Waals surface area contributed by atoms with Gasteiger partial charge in [0, 0.05) is 30.0 Å². The van der Waals surface area contributed by atoms with Crippen LogP contribution in [0.4, 0.5) is 13.2 Å². The molecule has 0 saturated carbocycles. The predicted molar refractivity (Wildman–Crippen MR) is 85.6 cm³/mol. The van der Waals surface area contributed by atoms with Gasteiger partial charge >= 0.3 is 6.18 Å². The number of aryl methyl sites for hydroxylation is 2. The maximum atomic E-state index is 12.8. The molecular weight excluding hydrogens is 351 g/mol. The van der Waals surface area contributed by atoms with Crippen molar-refractivity contribution in [1.29, 1.82) is 0 Å². The Labute approximate surface area is 148 Å². The molecular formula is C16H20F3N5O2. The molecule has 26 heavy (non-hydrogen) atoms. The fourth-order valence-corrected chi connectivity index (χ4v) is 3.23. The SMILES string of the molecule is Cc1nc2nc(C(F)(F)F)nn2c(C)c1CC(=O)N1C[C@H](C)O[C@@H](C)C1. The van der Waals surface area contributed by atoms with Gasteiger partial charge in [-0.05, 0) is 27.7 Å². The van der Waals surface area contributed by atoms with Gasteiger partial charge in [0.15, 0.2) is 0 Å². The molecule has 0 bridgehead atoms. The van der Waals surface area contributed by atoms with Gasteiger partial charge in [-0.2, -0.15) is 18.2 Å². The van der Waals surface area contributed by atoms with E-state index in [1.54, 1.807) is 18.7 Å². The van der Waals surface area contributed by atoms with Gasteiger partial charge in [-0.15, -0.1) is 5.10 Å². The van der Waals surface area contributed by atoms with Crippen LogP contribution in [0.15, 0.2) is 0 Å². The minimum Gasteiger partial charge on any atom is -0.372 e. The lowest BCUT2D eigenvalue weighted by molar-refractivity contribution is -0.144. The number of fused-ring (bicyclic) bond motifs is 1. The number of ether oxygens (including phenoxy) is 1. The highest BCUT2D eigenvalue weighted by Gasteiger charge is 2.37. The van der Waals surface area contributed by atoms with Crippen LogP contribution in [0, 0.1) is 13.8 Å². The monoisotopic (exact) mass is 371 g/mol. The zero-order valence-corrected chi connectivity index (χ0v) is 15.0. The topological polar surface area (TPSA) is 72.6 Å². The van der Waals surface area contributed by atoms with E-state index in [-0.39, 0.29) is 30.3 Å². The van der Waals surface area contributed by atoms with Gasteiger partial charge in [-0.1, -0.05) is 0 Å². The van der Waals surface area contributed by atoms with Crippen molar-refractivity contribution in [3.05, 3.63) is 22.8 Å². The van der Waals surface area contributed by atoms with Gasteiger partial charge in [0.1, 0.15) is 0 Å². The van der Waals surface area contributed by atoms with Crippen molar-refractivity contribution in [3.8, 4) is 0 Å². The molecule has 1 amide bonds. The molecule has 1 aliphatic rings. The zero-order valence-electron chi connectivity index (χ0n) is 15.0. The summed E-state index contributed by atoms with van der Waals surface area (Å²) in [5, 5.41) is 3.50. The second-order valence-corrected chi connectivity index (χ2v) is 6.64. The van der Waals surface area contributed by atoms with Crippen LogP contribution >= 0.6 is 0 Å². The van der Waals surface area contributed by atoms with Crippen molar-refractivity contribution in [3.63, 3.8) is 0 Å². The summed E-state index contributed by atoms with van der Waals surface area (Å²) in [5.74, 6) is -1.49. The van der Waals surface area contributed by atoms with Crippen molar-refractivity contribution in [2.45, 2.75) is 52.5 Å². The summed E-state index contributed by atoms with van der Waals surface area (Å²) in [6, 6.07) is 0. The quantitative estimate of drug-likeness (QED) is 0.807. The Balaban J connectivity index is 1.91. The summed E-state index contributed by atoms with van der Waals surface area (Å²) >= 11 is 0. The lowest BCUT2D eigenvalue weighted by Crippen LogP contribution is -2.48. The summed E-state index contributed by atoms with van der Waals surface area (Å²) in [6.45, 7) is 8.03. The number of alkyl halides is 3. The summed E-state index contributed by atoms with van der Waals surface area (Å²) in [4.78, 5) is 21.9. The molecule has 10 heteroatoms. The molecule has 3 rings (SSSR count). The molecule has 0 aromatic carbocycles. The fraction of sp³-hybridized carbons (Fsp3) is 0.625. The summed E-state index contributed by atoms with van der Waals surface area (Å²) in [7, 11) is 0. The van der Waals surface area contributed by atoms with Crippen LogP contribution in [0.3, 0.4) is 0 Å². The number of hydrogen-bond donors (Lipinski definition) is 0. The second-order valence-electron chi connectivity index (χ2n) is 6.64. The van der Waals surface area contributed by atoms with E-state index in [0.717, 1.165) is 4.52 Å². The maximum Gasteiger partial charge on any atom is 0.453 e. The number of morpholine rings is 1. The molecule has 2 aromatic heterocycles. The van der Waals surface area contributed by atoms with Crippen LogP contribution < -0.4 is 0 Å². The van der Waals surface area contributed by atoms with Crippen LogP contribution in [0.1, 0.15) is 36.6 Å². The first-order chi connectivity index (χ1) is 12.1. The second kappa shape index (κ2) is 6.49. The summed E-state index contributed by atoms with van der Waals surface area (Å²) in [6.07, 6.45) is -4.73. The van der Waals surface area contributed by atoms with E-state index in [1.807, 2.05) is 13.8 Å². The predicted octanol–water partition coefficient (Wildman–Crippen LogP) is 1.94. The van der Waals surface area contributed by atoms with Crippen LogP contribution in [-0.2, 0) is 22.1 Å². The lowest BCUT2D eigenvalue weighted by atomic mass is 10.1. The molecule has 0 N–H and O–H groups in total. The number of nitrogens with zero attached hydrogens (tertiary/aromatic N) is 5. The van der Waals surface area contributed by atoms with Gasteiger partial charge < -0.3 is 9.64 Å². The highest BCUT2D eigenvalue weighted by molar-refractivity contribution is 5.79. The van der Waals surface area contributed by atoms with Crippen molar-refractivity contribution < 1.29 is 22.7 Å². The molecule has 1 fully saturated rings. The normalized spacial score (nSPS) is 21.4. The summed E-state index contributed by atoms with van der Waals surface area (Å²) < 4.78 is 45.2. The third-order valence-corrected chi connectivity index (χ3v) is 4.40. The largest absolute Gasteiger partial charge is 0.453 e. The smallest absolute Gasteiger partial charge is 0.372 e. The molecule has 142 valence electrons. The number of amides is 1. The Kier molecular flexibility index (Phi) is 4.63. The van der Waals surface area contributed by atoms with Gasteiger partial charge in [-0.3, -0.25) is 4.79 Å². The third-order valence-electron chi connectivity index (χ3n) is 4.40. The van der Waals surface area contributed by atoms with E-state index in [4.69, 9.17) is 4.74 Å². The van der Waals surface area contributed by atoms with E-state index in [1.165, 1.54) is 0 Å². The number of carbonyl (C=O) groups excluding carboxylic acids is 1. The molecule has 0 aliphatic carbocycles. The van der Waals surface area contributed by atoms with Crippen LogP contribution in [0.2, 0.25) is 0 Å². The van der Waals surface area contributed by atoms with E-state index < -0.39 is 12.0 Å². The molecule has 7 nitrogen and oxygen atoms in total. The minimum atomic E-state index is -4.65. The molecule has 3 heterocycles. The first-order valence-corrected chi connectivity index (χ1v) is 8.29. The lowest BCUT2D eigenvalue weighted by Gasteiger charge is -2.35. The van der Waals surface area contributed by atoms with Crippen molar-refractivity contribution in [2.75, 3.05) is 13.1 Å². The Hall–Kier alpha value is -2.23. The van der Waals surface area contributed by atoms with Crippen molar-refractivity contribution in [2.24, 2.45) is 0 Å². The van der Waals surface area contributed by atoms with Gasteiger partial charge in [0.05, 0.1) is 18.6 Å². The summed E-state index contributed by atoms with van der Waals surface area (Å²) in [5.41, 5.74) is 1.46. The van der Waals surface area contributed by atoms with E-state index in [2.05, 4.69) is 15.1 Å². The molecule has 1 saturated heterocycles. The average Bonchev–Trinajstić information content (AvgIpc) is 2.94. The Morgan fingerprint density at radius 1 is 1.19 bits per heavy atom. The first kappa shape index (κ1) is 18.6. The number of rotatable bonds is 2. The molecule has 1 aliphatic heterocycles. The first-order valence-electron chi connectivity index (χ1n) is 8.29. The van der Waals surface area contributed by atoms with Crippen LogP contribution in [0.5, 0.6) is 0 Å². The van der Waals surface area contributed by atoms with Crippen LogP contribution in [-0.4, -0.2) is 55.7 Å². The molecule has 2 aromatic rings. The number of aromatic nitrogens is 4. The highest BCUT2D eigenvalue weighted by Crippen LogP contribution is 2.27. The van der Waals surface area contributed by atoms with Crippen molar-refractivity contribution in [1.82, 2.24) is 24.5 Å². The van der Waals surface area contributed by atoms with Crippen LogP contribution in [0.25, 0.3) is 5.78 Å². The fourth-order valence-electron chi connectivity index (χ4n) is 3.23. The number of carbonyl (C=O) groups is 1. The molecule has 0 spiro atoms. The van der Waals surface area contributed by atoms with Gasteiger partial charge in [0.25, 0.3) is 11.6 Å². The standard InChI is InChI=1S/C16H20F3N5O2/c1-8-6-23(7-9(2)26-8)13(25)5-12-10(3)20-15-21-14(16(17,18)19)22-24(15)11(12)4/h8-9H,5-7H2,1-4H3/t8-,9-/m0/s1. The van der Waals surface area contributed by atoms with E-state index in [0.29, 0.717) is 30.0 Å². The van der Waals surface area contributed by atoms with E-state index in [9.17, 15) is 18.0 Å². The molecule has 0 radical (unpaired) electrons. The van der Waals surface area contributed by atoms with E-state index >= 15 is 0 Å². The van der Waals surface area contributed by atoms with Gasteiger partial charge in [-0.25, -0.2) is 9.50 Å². The highest BCUT2D eigenvalue weighted by atomic mass is 19.4. The van der Waals surface area contributed by atoms with Gasteiger partial charge in [0.2, 0.25) is 5.91 Å². The number of halogens is 3. The molecule has 2 atom stereocenters. The third kappa shape index (κ3) is 3.50.